The topological polar surface area (TPSA) is 208 Å². The van der Waals surface area contributed by atoms with Crippen molar-refractivity contribution in [3.8, 4) is 11.5 Å². The van der Waals surface area contributed by atoms with Crippen molar-refractivity contribution in [2.75, 3.05) is 13.2 Å². The van der Waals surface area contributed by atoms with Crippen LogP contribution in [0.25, 0.3) is 22.1 Å². The van der Waals surface area contributed by atoms with Crippen molar-refractivity contribution < 1.29 is 19.1 Å². The number of fused-ring (bicyclic) bond motifs is 2. The second kappa shape index (κ2) is 16.3. The van der Waals surface area contributed by atoms with Crippen molar-refractivity contribution in [1.82, 2.24) is 30.6 Å². The number of rotatable bonds is 17. The summed E-state index contributed by atoms with van der Waals surface area (Å²) in [6.45, 7) is 1.91. The molecule has 260 valence electrons. The molecule has 2 amide bonds. The molecule has 2 heterocycles. The zero-order valence-corrected chi connectivity index (χ0v) is 27.9. The number of aromatic nitrogens is 4. The summed E-state index contributed by atoms with van der Waals surface area (Å²) in [7, 11) is 0. The maximum atomic E-state index is 12.5. The molecule has 13 nitrogen and oxygen atoms in total. The number of aromatic amines is 2. The number of unbranched alkanes of at least 4 members (excludes halogenated alkanes) is 1. The van der Waals surface area contributed by atoms with Crippen molar-refractivity contribution in [3.05, 3.63) is 119 Å². The summed E-state index contributed by atoms with van der Waals surface area (Å²) in [6.07, 6.45) is 3.19. The monoisotopic (exact) mass is 685 g/mol. The molecule has 51 heavy (non-hydrogen) atoms. The first-order valence-electron chi connectivity index (χ1n) is 16.6. The quantitative estimate of drug-likeness (QED) is 0.0409. The first-order chi connectivity index (χ1) is 24.8. The lowest BCUT2D eigenvalue weighted by atomic mass is 10.2. The molecule has 2 aromatic heterocycles. The molecule has 4 aromatic carbocycles. The van der Waals surface area contributed by atoms with E-state index in [-0.39, 0.29) is 30.5 Å². The van der Waals surface area contributed by atoms with Crippen molar-refractivity contribution >= 4 is 45.9 Å². The van der Waals surface area contributed by atoms with E-state index in [9.17, 15) is 9.59 Å². The second-order valence-electron chi connectivity index (χ2n) is 12.0. The Morgan fingerprint density at radius 2 is 1.20 bits per heavy atom. The fourth-order valence-corrected chi connectivity index (χ4v) is 5.39. The zero-order chi connectivity index (χ0) is 35.6. The summed E-state index contributed by atoms with van der Waals surface area (Å²) in [5, 5.41) is 20.8. The van der Waals surface area contributed by atoms with Crippen LogP contribution < -0.4 is 25.8 Å². The molecule has 0 aliphatic carbocycles. The minimum atomic E-state index is -0.153. The number of nitrogens with two attached hydrogens (primary N) is 1. The number of amidine groups is 1. The number of hydrogen-bond acceptors (Lipinski definition) is 8. The van der Waals surface area contributed by atoms with Gasteiger partial charge in [-0.25, -0.2) is 9.97 Å². The summed E-state index contributed by atoms with van der Waals surface area (Å²) in [6, 6.07) is 26.0. The number of H-pyrrole nitrogens is 2. The van der Waals surface area contributed by atoms with Crippen LogP contribution in [0.2, 0.25) is 0 Å². The Balaban J connectivity index is 0.829. The van der Waals surface area contributed by atoms with E-state index in [4.69, 9.17) is 26.0 Å². The number of ether oxygens (including phenoxy) is 2. The molecule has 0 radical (unpaired) electrons. The van der Waals surface area contributed by atoms with E-state index in [0.29, 0.717) is 49.0 Å². The van der Waals surface area contributed by atoms with Gasteiger partial charge >= 0.3 is 0 Å². The van der Waals surface area contributed by atoms with Crippen molar-refractivity contribution in [2.45, 2.75) is 38.8 Å². The van der Waals surface area contributed by atoms with E-state index in [1.165, 1.54) is 6.21 Å². The van der Waals surface area contributed by atoms with Crippen molar-refractivity contribution in [1.29, 1.82) is 10.8 Å². The van der Waals surface area contributed by atoms with Crippen LogP contribution in [0, 0.1) is 10.8 Å². The minimum Gasteiger partial charge on any atom is -0.494 e. The molecule has 0 bridgehead atoms. The lowest BCUT2D eigenvalue weighted by Gasteiger charge is -2.10. The van der Waals surface area contributed by atoms with Gasteiger partial charge in [-0.15, -0.1) is 0 Å². The van der Waals surface area contributed by atoms with E-state index in [0.717, 1.165) is 57.6 Å². The Kier molecular flexibility index (Phi) is 11.0. The Bertz CT molecular complexity index is 2150. The Morgan fingerprint density at radius 1 is 0.706 bits per heavy atom. The van der Waals surface area contributed by atoms with E-state index in [1.807, 2.05) is 66.7 Å². The van der Waals surface area contributed by atoms with Crippen LogP contribution in [0.4, 0.5) is 0 Å². The lowest BCUT2D eigenvalue weighted by molar-refractivity contribution is -0.121. The first kappa shape index (κ1) is 34.4. The van der Waals surface area contributed by atoms with Crippen molar-refractivity contribution in [2.24, 2.45) is 5.73 Å². The minimum absolute atomic E-state index is 0.0220. The maximum absolute atomic E-state index is 12.5. The zero-order valence-electron chi connectivity index (χ0n) is 27.9. The Morgan fingerprint density at radius 3 is 1.69 bits per heavy atom. The van der Waals surface area contributed by atoms with Crippen LogP contribution in [0.15, 0.2) is 84.9 Å². The number of nitrogens with one attached hydrogen (secondary N) is 6. The predicted molar refractivity (Wildman–Crippen MR) is 195 cm³/mol. The average Bonchev–Trinajstić information content (AvgIpc) is 3.74. The molecule has 0 atom stereocenters. The van der Waals surface area contributed by atoms with E-state index >= 15 is 0 Å². The summed E-state index contributed by atoms with van der Waals surface area (Å²) in [5.74, 6) is 2.35. The molecule has 13 heteroatoms. The third kappa shape index (κ3) is 9.57. The normalized spacial score (nSPS) is 11.0. The number of nitrogens with zero attached hydrogens (tertiary/aromatic N) is 2. The van der Waals surface area contributed by atoms with Crippen LogP contribution in [-0.4, -0.2) is 57.0 Å². The standard InChI is InChI=1S/C38H39N9O4/c39-21-26-7-13-30-32(17-26)46-34(44-30)19-36(48)42-22-24-3-9-28(10-4-24)50-15-1-2-16-51-29-11-5-25(6-12-29)23-43-37(49)20-35-45-31-14-8-27(38(40)41)18-33(31)47-35/h3-14,17-18,21,39H,1-2,15-16,19-20,22-23H2,(H3,40,41)(H,42,48)(H,43,49)(H,44,46)(H,45,47). The molecule has 6 rings (SSSR count). The molecular formula is C38H39N9O4. The summed E-state index contributed by atoms with van der Waals surface area (Å²) >= 11 is 0. The van der Waals surface area contributed by atoms with Gasteiger partial charge in [-0.3, -0.25) is 15.0 Å². The molecule has 0 saturated carbocycles. The third-order valence-corrected chi connectivity index (χ3v) is 8.12. The number of benzene rings is 4. The smallest absolute Gasteiger partial charge is 0.227 e. The highest BCUT2D eigenvalue weighted by Gasteiger charge is 2.11. The van der Waals surface area contributed by atoms with Gasteiger partial charge in [0.05, 0.1) is 48.1 Å². The summed E-state index contributed by atoms with van der Waals surface area (Å²) < 4.78 is 11.7. The van der Waals surface area contributed by atoms with E-state index in [2.05, 4.69) is 30.6 Å². The lowest BCUT2D eigenvalue weighted by Crippen LogP contribution is -2.24. The van der Waals surface area contributed by atoms with Gasteiger partial charge in [0.1, 0.15) is 29.0 Å². The van der Waals surface area contributed by atoms with Gasteiger partial charge in [-0.2, -0.15) is 0 Å². The van der Waals surface area contributed by atoms with Gasteiger partial charge in [0, 0.05) is 24.9 Å². The van der Waals surface area contributed by atoms with Gasteiger partial charge in [-0.05, 0) is 84.1 Å². The van der Waals surface area contributed by atoms with Gasteiger partial charge in [0.15, 0.2) is 0 Å². The fourth-order valence-electron chi connectivity index (χ4n) is 5.39. The van der Waals surface area contributed by atoms with Crippen LogP contribution in [0.5, 0.6) is 11.5 Å². The van der Waals surface area contributed by atoms with Gasteiger partial charge in [-0.1, -0.05) is 30.3 Å². The highest BCUT2D eigenvalue weighted by Crippen LogP contribution is 2.17. The van der Waals surface area contributed by atoms with Crippen LogP contribution in [-0.2, 0) is 35.5 Å². The number of hydrogen-bond donors (Lipinski definition) is 7. The maximum Gasteiger partial charge on any atom is 0.227 e. The molecule has 8 N–H and O–H groups in total. The van der Waals surface area contributed by atoms with Gasteiger partial charge < -0.3 is 41.2 Å². The molecule has 0 spiro atoms. The molecular weight excluding hydrogens is 646 g/mol. The largest absolute Gasteiger partial charge is 0.494 e. The molecule has 0 unspecified atom stereocenters. The highest BCUT2D eigenvalue weighted by atomic mass is 16.5. The number of carbonyl (C=O) groups excluding carboxylic acids is 2. The molecule has 6 aromatic rings. The van der Waals surface area contributed by atoms with E-state index in [1.54, 1.807) is 18.2 Å². The molecule has 0 saturated heterocycles. The molecule has 0 aliphatic rings. The predicted octanol–water partition coefficient (Wildman–Crippen LogP) is 4.68. The fraction of sp³-hybridized carbons (Fsp3) is 0.211. The van der Waals surface area contributed by atoms with Crippen LogP contribution in [0.1, 0.15) is 46.7 Å². The molecule has 0 fully saturated rings. The van der Waals surface area contributed by atoms with Gasteiger partial charge in [0.25, 0.3) is 0 Å². The first-order valence-corrected chi connectivity index (χ1v) is 16.6. The van der Waals surface area contributed by atoms with Crippen LogP contribution in [0.3, 0.4) is 0 Å². The molecule has 0 aliphatic heterocycles. The van der Waals surface area contributed by atoms with Crippen LogP contribution >= 0.6 is 0 Å². The van der Waals surface area contributed by atoms with Crippen molar-refractivity contribution in [3.63, 3.8) is 0 Å². The SMILES string of the molecule is N=Cc1ccc2nc(CC(=O)NCc3ccc(OCCCCOc4ccc(CNC(=O)Cc5nc6ccc(C(=N)N)cc6[nH]5)cc4)cc3)[nH]c2c1. The second-order valence-corrected chi connectivity index (χ2v) is 12.0. The highest BCUT2D eigenvalue weighted by molar-refractivity contribution is 5.98. The summed E-state index contributed by atoms with van der Waals surface area (Å²) in [5.41, 5.74) is 11.9. The third-order valence-electron chi connectivity index (χ3n) is 8.12. The van der Waals surface area contributed by atoms with E-state index < -0.39 is 0 Å². The number of nitrogen functional groups attached to an aromatic ring is 1. The number of carbonyl (C=O) groups is 2. The number of amides is 2. The number of imidazole rings is 2. The summed E-state index contributed by atoms with van der Waals surface area (Å²) in [4.78, 5) is 40.1. The average molecular weight is 686 g/mol. The van der Waals surface area contributed by atoms with Gasteiger partial charge in [0.2, 0.25) is 11.8 Å². The Hall–Kier alpha value is -6.50. The Labute approximate surface area is 294 Å².